The zero-order valence-corrected chi connectivity index (χ0v) is 45.3. The highest BCUT2D eigenvalue weighted by atomic mass is 15.2. The predicted molar refractivity (Wildman–Crippen MR) is 312 cm³/mol. The van der Waals surface area contributed by atoms with Crippen LogP contribution in [0.4, 0.5) is 51.2 Å². The first kappa shape index (κ1) is 47.5. The molecule has 0 radical (unpaired) electrons. The van der Waals surface area contributed by atoms with Crippen molar-refractivity contribution in [1.29, 1.82) is 0 Å². The first-order valence-corrected chi connectivity index (χ1v) is 26.4. The molecule has 0 fully saturated rings. The highest BCUT2D eigenvalue weighted by Crippen LogP contribution is 2.53. The molecule has 0 spiro atoms. The Labute approximate surface area is 431 Å². The second kappa shape index (κ2) is 16.9. The van der Waals surface area contributed by atoms with Crippen LogP contribution < -0.4 is 31.1 Å². The van der Waals surface area contributed by atoms with E-state index < -0.39 is 0 Å². The minimum atomic E-state index is -0.135. The van der Waals surface area contributed by atoms with Crippen LogP contribution in [0.2, 0.25) is 0 Å². The summed E-state index contributed by atoms with van der Waals surface area (Å²) in [5, 5.41) is 0. The molecule has 0 saturated carbocycles. The lowest BCUT2D eigenvalue weighted by atomic mass is 9.33. The summed E-state index contributed by atoms with van der Waals surface area (Å²) in [7, 11) is 0. The van der Waals surface area contributed by atoms with Crippen molar-refractivity contribution in [2.24, 2.45) is 0 Å². The molecular formula is C68H72BN3. The Morgan fingerprint density at radius 3 is 1.43 bits per heavy atom. The van der Waals surface area contributed by atoms with Gasteiger partial charge in [-0.3, -0.25) is 0 Å². The van der Waals surface area contributed by atoms with Gasteiger partial charge in [0.25, 0.3) is 6.71 Å². The number of hydrogen-bond acceptors (Lipinski definition) is 3. The van der Waals surface area contributed by atoms with Crippen molar-refractivity contribution in [2.75, 3.05) is 14.7 Å². The number of fused-ring (bicyclic) bond motifs is 5. The fourth-order valence-electron chi connectivity index (χ4n) is 12.4. The van der Waals surface area contributed by atoms with Gasteiger partial charge in [0.15, 0.2) is 0 Å². The molecule has 362 valence electrons. The minimum Gasteiger partial charge on any atom is -0.311 e. The summed E-state index contributed by atoms with van der Waals surface area (Å²) in [6, 6.07) is 60.6. The van der Waals surface area contributed by atoms with Crippen LogP contribution in [-0.4, -0.2) is 6.71 Å². The molecule has 0 unspecified atom stereocenters. The molecule has 0 aromatic heterocycles. The van der Waals surface area contributed by atoms with Crippen LogP contribution in [0.3, 0.4) is 0 Å². The van der Waals surface area contributed by atoms with E-state index in [1.807, 2.05) is 0 Å². The standard InChI is InChI=1S/C68H72BN3/c1-43-21-18-22-44(2)63(43)71-58-40-53(70(51-31-29-49(30-32-51)65(5,6)7)52-28-20-27-48(37-52)47-25-16-15-17-26-47)33-34-56(58)69-57-41-54-55(68(13,14)36-35-67(54,11)12)42-59(57)72(64-45(3)23-19-24-46(64)4)61-39-50(66(8,9)10)38-60(71)62(61)69/h15-34,37-42H,35-36H2,1-14H3. The van der Waals surface area contributed by atoms with Gasteiger partial charge in [-0.15, -0.1) is 0 Å². The normalized spacial score (nSPS) is 15.4. The molecule has 2 heterocycles. The molecule has 8 aromatic rings. The number of para-hydroxylation sites is 2. The first-order valence-electron chi connectivity index (χ1n) is 26.4. The summed E-state index contributed by atoms with van der Waals surface area (Å²) in [6.45, 7) is 33.1. The van der Waals surface area contributed by atoms with Gasteiger partial charge in [-0.25, -0.2) is 0 Å². The average molecular weight is 942 g/mol. The van der Waals surface area contributed by atoms with Crippen molar-refractivity contribution in [1.82, 2.24) is 0 Å². The molecule has 72 heavy (non-hydrogen) atoms. The van der Waals surface area contributed by atoms with Gasteiger partial charge < -0.3 is 14.7 Å². The molecule has 0 bridgehead atoms. The largest absolute Gasteiger partial charge is 0.311 e. The Bertz CT molecular complexity index is 3400. The summed E-state index contributed by atoms with van der Waals surface area (Å²) in [6.07, 6.45) is 2.32. The highest BCUT2D eigenvalue weighted by molar-refractivity contribution is 7.00. The lowest BCUT2D eigenvalue weighted by Gasteiger charge is -2.48. The van der Waals surface area contributed by atoms with Crippen LogP contribution in [0.5, 0.6) is 0 Å². The monoisotopic (exact) mass is 942 g/mol. The molecule has 0 N–H and O–H groups in total. The molecule has 2 aliphatic heterocycles. The van der Waals surface area contributed by atoms with Gasteiger partial charge >= 0.3 is 0 Å². The number of aryl methyl sites for hydroxylation is 4. The quantitative estimate of drug-likeness (QED) is 0.154. The molecule has 4 heteroatoms. The number of anilines is 9. The first-order chi connectivity index (χ1) is 34.1. The third-order valence-corrected chi connectivity index (χ3v) is 16.7. The smallest absolute Gasteiger partial charge is 0.252 e. The van der Waals surface area contributed by atoms with Gasteiger partial charge in [-0.05, 0) is 189 Å². The second-order valence-corrected chi connectivity index (χ2v) is 24.8. The van der Waals surface area contributed by atoms with Gasteiger partial charge in [0.05, 0.1) is 11.4 Å². The molecule has 3 nitrogen and oxygen atoms in total. The van der Waals surface area contributed by atoms with Gasteiger partial charge in [-0.1, -0.05) is 172 Å². The van der Waals surface area contributed by atoms with Crippen LogP contribution in [0.15, 0.2) is 158 Å². The van der Waals surface area contributed by atoms with Crippen LogP contribution in [-0.2, 0) is 21.7 Å². The Morgan fingerprint density at radius 2 is 0.889 bits per heavy atom. The van der Waals surface area contributed by atoms with Crippen LogP contribution >= 0.6 is 0 Å². The summed E-state index contributed by atoms with van der Waals surface area (Å²) in [4.78, 5) is 7.83. The maximum atomic E-state index is 2.69. The fourth-order valence-corrected chi connectivity index (χ4v) is 12.4. The van der Waals surface area contributed by atoms with E-state index in [1.54, 1.807) is 0 Å². The Hall–Kier alpha value is -6.78. The Morgan fingerprint density at radius 1 is 0.417 bits per heavy atom. The zero-order valence-electron chi connectivity index (χ0n) is 45.3. The molecule has 3 aliphatic rings. The summed E-state index contributed by atoms with van der Waals surface area (Å²) in [5.74, 6) is 0. The van der Waals surface area contributed by atoms with Crippen LogP contribution in [0.1, 0.15) is 127 Å². The molecule has 0 saturated heterocycles. The van der Waals surface area contributed by atoms with E-state index in [0.29, 0.717) is 0 Å². The summed E-state index contributed by atoms with van der Waals surface area (Å²) < 4.78 is 0. The molecule has 0 atom stereocenters. The van der Waals surface area contributed by atoms with E-state index in [0.717, 1.165) is 29.9 Å². The maximum Gasteiger partial charge on any atom is 0.252 e. The van der Waals surface area contributed by atoms with Crippen molar-refractivity contribution >= 4 is 74.3 Å². The van der Waals surface area contributed by atoms with Crippen LogP contribution in [0, 0.1) is 27.7 Å². The molecule has 0 amide bonds. The number of benzene rings is 8. The average Bonchev–Trinajstić information content (AvgIpc) is 3.33. The van der Waals surface area contributed by atoms with E-state index in [9.17, 15) is 0 Å². The lowest BCUT2D eigenvalue weighted by molar-refractivity contribution is 0.332. The van der Waals surface area contributed by atoms with Crippen molar-refractivity contribution in [2.45, 2.75) is 131 Å². The number of hydrogen-bond donors (Lipinski definition) is 0. The van der Waals surface area contributed by atoms with Gasteiger partial charge in [0.2, 0.25) is 0 Å². The van der Waals surface area contributed by atoms with Gasteiger partial charge in [0.1, 0.15) is 0 Å². The van der Waals surface area contributed by atoms with Crippen molar-refractivity contribution in [3.05, 3.63) is 202 Å². The predicted octanol–water partition coefficient (Wildman–Crippen LogP) is 17.1. The lowest BCUT2D eigenvalue weighted by Crippen LogP contribution is -2.62. The van der Waals surface area contributed by atoms with Crippen LogP contribution in [0.25, 0.3) is 11.1 Å². The molecule has 1 aliphatic carbocycles. The summed E-state index contributed by atoms with van der Waals surface area (Å²) >= 11 is 0. The Kier molecular flexibility index (Phi) is 11.2. The highest BCUT2D eigenvalue weighted by Gasteiger charge is 2.47. The molecular weight excluding hydrogens is 870 g/mol. The SMILES string of the molecule is Cc1cccc(C)c1N1c2cc(N(c3ccc(C(C)(C)C)cc3)c3cccc(-c4ccccc4)c3)ccc2B2c3cc4c(cc3N(c3c(C)cccc3C)c3cc(C(C)(C)C)cc1c32)C(C)(C)CCC4(C)C. The van der Waals surface area contributed by atoms with Gasteiger partial charge in [0, 0.05) is 39.8 Å². The van der Waals surface area contributed by atoms with Crippen molar-refractivity contribution in [3.8, 4) is 11.1 Å². The topological polar surface area (TPSA) is 9.72 Å². The van der Waals surface area contributed by atoms with E-state index in [2.05, 4.69) is 269 Å². The summed E-state index contributed by atoms with van der Waals surface area (Å²) in [5.41, 5.74) is 28.1. The van der Waals surface area contributed by atoms with E-state index >= 15 is 0 Å². The second-order valence-electron chi connectivity index (χ2n) is 24.8. The van der Waals surface area contributed by atoms with Crippen molar-refractivity contribution in [3.63, 3.8) is 0 Å². The van der Waals surface area contributed by atoms with E-state index in [-0.39, 0.29) is 28.4 Å². The third-order valence-electron chi connectivity index (χ3n) is 16.7. The third kappa shape index (κ3) is 7.79. The van der Waals surface area contributed by atoms with Gasteiger partial charge in [-0.2, -0.15) is 0 Å². The van der Waals surface area contributed by atoms with E-state index in [1.165, 1.54) is 106 Å². The van der Waals surface area contributed by atoms with Crippen molar-refractivity contribution < 1.29 is 0 Å². The molecule has 11 rings (SSSR count). The number of rotatable bonds is 6. The molecule has 8 aromatic carbocycles. The van der Waals surface area contributed by atoms with E-state index in [4.69, 9.17) is 0 Å². The minimum absolute atomic E-state index is 0.0173. The fraction of sp³-hybridized carbons (Fsp3) is 0.294. The zero-order chi connectivity index (χ0) is 50.8. The Balaban J connectivity index is 1.25. The number of nitrogens with zero attached hydrogens (tertiary/aromatic N) is 3. The maximum absolute atomic E-state index is 2.69.